The van der Waals surface area contributed by atoms with Crippen LogP contribution in [0.25, 0.3) is 0 Å². The van der Waals surface area contributed by atoms with Crippen molar-refractivity contribution < 1.29 is 5.11 Å². The topological polar surface area (TPSA) is 45.1 Å². The quantitative estimate of drug-likeness (QED) is 0.846. The second kappa shape index (κ2) is 5.25. The molecule has 1 aromatic rings. The SMILES string of the molecule is CCNC1CCC(O)(Cc2cncs2)CC1. The third-order valence-electron chi connectivity index (χ3n) is 3.40. The highest BCUT2D eigenvalue weighted by atomic mass is 32.1. The van der Waals surface area contributed by atoms with E-state index in [0.717, 1.165) is 38.6 Å². The van der Waals surface area contributed by atoms with Crippen molar-refractivity contribution in [2.24, 2.45) is 0 Å². The Morgan fingerprint density at radius 3 is 2.88 bits per heavy atom. The fraction of sp³-hybridized carbons (Fsp3) is 0.750. The predicted octanol–water partition coefficient (Wildman–Crippen LogP) is 1.97. The summed E-state index contributed by atoms with van der Waals surface area (Å²) >= 11 is 1.64. The van der Waals surface area contributed by atoms with E-state index >= 15 is 0 Å². The summed E-state index contributed by atoms with van der Waals surface area (Å²) < 4.78 is 0. The fourth-order valence-electron chi connectivity index (χ4n) is 2.48. The summed E-state index contributed by atoms with van der Waals surface area (Å²) in [6, 6.07) is 0.603. The first-order valence-electron chi connectivity index (χ1n) is 6.05. The first-order valence-corrected chi connectivity index (χ1v) is 6.93. The summed E-state index contributed by atoms with van der Waals surface area (Å²) in [5.41, 5.74) is 1.35. The molecule has 0 atom stereocenters. The Hall–Kier alpha value is -0.450. The van der Waals surface area contributed by atoms with Crippen molar-refractivity contribution >= 4 is 11.3 Å². The van der Waals surface area contributed by atoms with Crippen LogP contribution in [-0.4, -0.2) is 28.3 Å². The van der Waals surface area contributed by atoms with Gasteiger partial charge >= 0.3 is 0 Å². The monoisotopic (exact) mass is 240 g/mol. The van der Waals surface area contributed by atoms with Gasteiger partial charge in [-0.1, -0.05) is 6.92 Å². The standard InChI is InChI=1S/C12H20N2OS/c1-2-14-10-3-5-12(15,6-4-10)7-11-8-13-9-16-11/h8-10,14-15H,2-7H2,1H3. The lowest BCUT2D eigenvalue weighted by molar-refractivity contribution is -0.00231. The zero-order chi connectivity index (χ0) is 11.4. The average molecular weight is 240 g/mol. The Kier molecular flexibility index (Phi) is 3.95. The first kappa shape index (κ1) is 12.0. The Labute approximate surface area is 101 Å². The van der Waals surface area contributed by atoms with Crippen molar-refractivity contribution in [1.82, 2.24) is 10.3 Å². The third-order valence-corrected chi connectivity index (χ3v) is 4.18. The van der Waals surface area contributed by atoms with Crippen molar-refractivity contribution in [3.8, 4) is 0 Å². The molecule has 3 nitrogen and oxygen atoms in total. The van der Waals surface area contributed by atoms with Gasteiger partial charge in [0, 0.05) is 23.5 Å². The van der Waals surface area contributed by atoms with E-state index in [4.69, 9.17) is 0 Å². The van der Waals surface area contributed by atoms with Crippen molar-refractivity contribution in [1.29, 1.82) is 0 Å². The van der Waals surface area contributed by atoms with Crippen LogP contribution in [-0.2, 0) is 6.42 Å². The molecule has 1 fully saturated rings. The summed E-state index contributed by atoms with van der Waals surface area (Å²) in [6.07, 6.45) is 6.63. The van der Waals surface area contributed by atoms with Crippen LogP contribution in [0.1, 0.15) is 37.5 Å². The van der Waals surface area contributed by atoms with Gasteiger partial charge in [0.05, 0.1) is 11.1 Å². The van der Waals surface area contributed by atoms with Gasteiger partial charge in [0.2, 0.25) is 0 Å². The molecule has 1 aliphatic carbocycles. The number of hydrogen-bond donors (Lipinski definition) is 2. The van der Waals surface area contributed by atoms with Crippen LogP contribution in [0.4, 0.5) is 0 Å². The average Bonchev–Trinajstić information content (AvgIpc) is 2.74. The number of aliphatic hydroxyl groups is 1. The Morgan fingerprint density at radius 2 is 2.31 bits per heavy atom. The van der Waals surface area contributed by atoms with Crippen molar-refractivity contribution in [2.45, 2.75) is 50.7 Å². The van der Waals surface area contributed by atoms with Crippen LogP contribution in [0.2, 0.25) is 0 Å². The van der Waals surface area contributed by atoms with Crippen LogP contribution < -0.4 is 5.32 Å². The highest BCUT2D eigenvalue weighted by molar-refractivity contribution is 7.09. The molecular formula is C12H20N2OS. The zero-order valence-electron chi connectivity index (χ0n) is 9.78. The number of rotatable bonds is 4. The van der Waals surface area contributed by atoms with Gasteiger partial charge in [0.1, 0.15) is 0 Å². The number of aromatic nitrogens is 1. The fourth-order valence-corrected chi connectivity index (χ4v) is 3.21. The van der Waals surface area contributed by atoms with E-state index in [2.05, 4.69) is 17.2 Å². The second-order valence-electron chi connectivity index (χ2n) is 4.70. The molecule has 0 amide bonds. The van der Waals surface area contributed by atoms with Gasteiger partial charge in [0.25, 0.3) is 0 Å². The number of hydrogen-bond acceptors (Lipinski definition) is 4. The molecule has 0 spiro atoms. The van der Waals surface area contributed by atoms with E-state index < -0.39 is 5.60 Å². The summed E-state index contributed by atoms with van der Waals surface area (Å²) in [5, 5.41) is 13.9. The molecule has 0 radical (unpaired) electrons. The van der Waals surface area contributed by atoms with Gasteiger partial charge in [-0.05, 0) is 32.2 Å². The van der Waals surface area contributed by atoms with Crippen LogP contribution in [0.3, 0.4) is 0 Å². The third kappa shape index (κ3) is 3.03. The van der Waals surface area contributed by atoms with Crippen LogP contribution in [0, 0.1) is 0 Å². The highest BCUT2D eigenvalue weighted by Crippen LogP contribution is 2.32. The van der Waals surface area contributed by atoms with E-state index in [-0.39, 0.29) is 0 Å². The molecular weight excluding hydrogens is 220 g/mol. The van der Waals surface area contributed by atoms with Gasteiger partial charge in [-0.15, -0.1) is 11.3 Å². The molecule has 4 heteroatoms. The molecule has 1 aromatic heterocycles. The lowest BCUT2D eigenvalue weighted by Crippen LogP contribution is -2.42. The van der Waals surface area contributed by atoms with Gasteiger partial charge in [-0.25, -0.2) is 0 Å². The van der Waals surface area contributed by atoms with E-state index in [1.54, 1.807) is 11.3 Å². The van der Waals surface area contributed by atoms with Gasteiger partial charge < -0.3 is 10.4 Å². The van der Waals surface area contributed by atoms with Gasteiger partial charge in [-0.3, -0.25) is 4.98 Å². The first-order chi connectivity index (χ1) is 7.72. The number of nitrogens with one attached hydrogen (secondary N) is 1. The molecule has 1 saturated carbocycles. The van der Waals surface area contributed by atoms with Crippen molar-refractivity contribution in [3.05, 3.63) is 16.6 Å². The van der Waals surface area contributed by atoms with Crippen LogP contribution in [0.5, 0.6) is 0 Å². The molecule has 16 heavy (non-hydrogen) atoms. The molecule has 2 rings (SSSR count). The van der Waals surface area contributed by atoms with Gasteiger partial charge in [-0.2, -0.15) is 0 Å². The maximum atomic E-state index is 10.5. The summed E-state index contributed by atoms with van der Waals surface area (Å²) in [5.74, 6) is 0. The summed E-state index contributed by atoms with van der Waals surface area (Å²) in [6.45, 7) is 3.16. The zero-order valence-corrected chi connectivity index (χ0v) is 10.6. The largest absolute Gasteiger partial charge is 0.390 e. The molecule has 1 heterocycles. The maximum absolute atomic E-state index is 10.5. The molecule has 0 unspecified atom stereocenters. The van der Waals surface area contributed by atoms with E-state index in [0.29, 0.717) is 6.04 Å². The predicted molar refractivity (Wildman–Crippen MR) is 66.7 cm³/mol. The highest BCUT2D eigenvalue weighted by Gasteiger charge is 2.33. The minimum Gasteiger partial charge on any atom is -0.390 e. The number of nitrogens with zero attached hydrogens (tertiary/aromatic N) is 1. The Bertz CT molecular complexity index is 305. The molecule has 90 valence electrons. The van der Waals surface area contributed by atoms with E-state index in [1.165, 1.54) is 4.88 Å². The molecule has 0 bridgehead atoms. The molecule has 0 aromatic carbocycles. The van der Waals surface area contributed by atoms with E-state index in [9.17, 15) is 5.11 Å². The molecule has 2 N–H and O–H groups in total. The smallest absolute Gasteiger partial charge is 0.0794 e. The second-order valence-corrected chi connectivity index (χ2v) is 5.67. The van der Waals surface area contributed by atoms with E-state index in [1.807, 2.05) is 11.7 Å². The number of thiazole rings is 1. The summed E-state index contributed by atoms with van der Waals surface area (Å²) in [4.78, 5) is 5.26. The summed E-state index contributed by atoms with van der Waals surface area (Å²) in [7, 11) is 0. The van der Waals surface area contributed by atoms with Crippen molar-refractivity contribution in [2.75, 3.05) is 6.54 Å². The normalized spacial score (nSPS) is 30.5. The lowest BCUT2D eigenvalue weighted by atomic mass is 9.80. The molecule has 1 aliphatic rings. The minimum absolute atomic E-state index is 0.488. The van der Waals surface area contributed by atoms with Crippen LogP contribution in [0.15, 0.2) is 11.7 Å². The maximum Gasteiger partial charge on any atom is 0.0794 e. The Balaban J connectivity index is 1.86. The Morgan fingerprint density at radius 1 is 1.56 bits per heavy atom. The van der Waals surface area contributed by atoms with Crippen molar-refractivity contribution in [3.63, 3.8) is 0 Å². The lowest BCUT2D eigenvalue weighted by Gasteiger charge is -2.36. The molecule has 0 saturated heterocycles. The minimum atomic E-state index is -0.488. The van der Waals surface area contributed by atoms with Gasteiger partial charge in [0.15, 0.2) is 0 Å². The molecule has 0 aliphatic heterocycles. The van der Waals surface area contributed by atoms with Crippen LogP contribution >= 0.6 is 11.3 Å².